The van der Waals surface area contributed by atoms with Gasteiger partial charge in [0, 0.05) is 115 Å². The van der Waals surface area contributed by atoms with Crippen LogP contribution in [-0.2, 0) is 61.6 Å². The molecule has 6 fully saturated rings. The minimum atomic E-state index is -0.899. The Morgan fingerprint density at radius 2 is 0.386 bits per heavy atom. The van der Waals surface area contributed by atoms with Gasteiger partial charge in [0.25, 0.3) is 0 Å². The van der Waals surface area contributed by atoms with Crippen LogP contribution in [0.4, 0.5) is 0 Å². The molecular formula is C58H112N6O19. The first kappa shape index (κ1) is 71.1. The molecule has 0 aromatic heterocycles. The monoisotopic (exact) mass is 1200 g/mol. The summed E-state index contributed by atoms with van der Waals surface area (Å²) >= 11 is 0. The van der Waals surface area contributed by atoms with Crippen molar-refractivity contribution in [2.45, 2.75) is 114 Å². The predicted octanol–water partition coefficient (Wildman–Crippen LogP) is -2.44. The maximum Gasteiger partial charge on any atom is 0.0900 e. The highest BCUT2D eigenvalue weighted by Crippen LogP contribution is 2.27. The zero-order chi connectivity index (χ0) is 59.5. The van der Waals surface area contributed by atoms with Gasteiger partial charge in [-0.15, -0.1) is 0 Å². The Labute approximate surface area is 495 Å². The van der Waals surface area contributed by atoms with E-state index in [1.807, 2.05) is 0 Å². The third-order valence-corrected chi connectivity index (χ3v) is 16.0. The van der Waals surface area contributed by atoms with E-state index in [9.17, 15) is 30.6 Å². The fourth-order valence-corrected chi connectivity index (χ4v) is 9.96. The second-order valence-electron chi connectivity index (χ2n) is 25.0. The van der Waals surface area contributed by atoms with E-state index in [0.29, 0.717) is 75.5 Å². The van der Waals surface area contributed by atoms with Crippen LogP contribution in [0.25, 0.3) is 0 Å². The summed E-state index contributed by atoms with van der Waals surface area (Å²) in [5.74, 6) is 0. The molecule has 83 heavy (non-hydrogen) atoms. The standard InChI is InChI=1S/C58H112N6O19/c1-45-19-59(45)25-51(65)31-71-7-13-77-37-57(38-78-14-8-72-32-52(66)26-60-20-46(60)2,39-79-15-9-73-33-53(67)27-61-21-47(61)3)43-83-44-58(40-80-16-10-74-34-54(68)28-62-22-48(62)4,41-81-17-11-75-35-55(69)29-63-23-49(63)5)42-82-18-12-76-36-56(70)30-64-24-50(64)6/h45-56,65-70H,7-44H2,1-6H3. The van der Waals surface area contributed by atoms with Crippen LogP contribution in [-0.4, -0.2) is 383 Å². The molecule has 6 aliphatic heterocycles. The Morgan fingerprint density at radius 3 is 0.530 bits per heavy atom. The molecule has 0 aromatic carbocycles. The Balaban J connectivity index is 1.11. The first-order chi connectivity index (χ1) is 40.0. The minimum absolute atomic E-state index is 0.0907. The van der Waals surface area contributed by atoms with Crippen molar-refractivity contribution in [1.82, 2.24) is 29.4 Å². The fourth-order valence-electron chi connectivity index (χ4n) is 9.96. The molecule has 18 atom stereocenters. The van der Waals surface area contributed by atoms with Crippen molar-refractivity contribution in [3.05, 3.63) is 0 Å². The van der Waals surface area contributed by atoms with Gasteiger partial charge in [-0.1, -0.05) is 0 Å². The van der Waals surface area contributed by atoms with E-state index in [-0.39, 0.29) is 172 Å². The number of aliphatic hydroxyl groups is 6. The molecule has 6 rings (SSSR count). The summed E-state index contributed by atoms with van der Waals surface area (Å²) in [6, 6.07) is 2.86. The molecular weight excluding hydrogens is 1080 g/mol. The maximum absolute atomic E-state index is 10.6. The molecule has 0 radical (unpaired) electrons. The van der Waals surface area contributed by atoms with Gasteiger partial charge in [-0.25, -0.2) is 0 Å². The van der Waals surface area contributed by atoms with E-state index in [0.717, 1.165) is 39.3 Å². The fraction of sp³-hybridized carbons (Fsp3) is 1.00. The molecule has 18 unspecified atom stereocenters. The van der Waals surface area contributed by atoms with Crippen molar-refractivity contribution in [2.24, 2.45) is 10.8 Å². The molecule has 25 nitrogen and oxygen atoms in total. The van der Waals surface area contributed by atoms with Gasteiger partial charge in [0.1, 0.15) is 0 Å². The smallest absolute Gasteiger partial charge is 0.0900 e. The highest BCUT2D eigenvalue weighted by Gasteiger charge is 2.39. The van der Waals surface area contributed by atoms with Gasteiger partial charge in [0.2, 0.25) is 0 Å². The summed E-state index contributed by atoms with van der Waals surface area (Å²) < 4.78 is 80.2. The van der Waals surface area contributed by atoms with Crippen LogP contribution in [0.3, 0.4) is 0 Å². The normalized spacial score (nSPS) is 30.5. The third kappa shape index (κ3) is 31.3. The van der Waals surface area contributed by atoms with Gasteiger partial charge in [-0.2, -0.15) is 0 Å². The van der Waals surface area contributed by atoms with Gasteiger partial charge in [-0.3, -0.25) is 29.4 Å². The van der Waals surface area contributed by atoms with Crippen LogP contribution in [0.2, 0.25) is 0 Å². The minimum Gasteiger partial charge on any atom is -0.389 e. The second-order valence-corrected chi connectivity index (χ2v) is 25.0. The number of aliphatic hydroxyl groups excluding tert-OH is 6. The summed E-state index contributed by atoms with van der Waals surface area (Å²) in [4.78, 5) is 13.1. The van der Waals surface area contributed by atoms with Crippen molar-refractivity contribution in [3.8, 4) is 0 Å². The quantitative estimate of drug-likeness (QED) is 0.0273. The number of nitrogens with zero attached hydrogens (tertiary/aromatic N) is 6. The lowest BCUT2D eigenvalue weighted by Gasteiger charge is -2.37. The predicted molar refractivity (Wildman–Crippen MR) is 308 cm³/mol. The highest BCUT2D eigenvalue weighted by atomic mass is 16.6. The molecule has 0 bridgehead atoms. The molecule has 6 aliphatic rings. The highest BCUT2D eigenvalue weighted by molar-refractivity contribution is 4.90. The number of hydrogen-bond acceptors (Lipinski definition) is 25. The number of ether oxygens (including phenoxy) is 13. The Bertz CT molecular complexity index is 1400. The van der Waals surface area contributed by atoms with E-state index < -0.39 is 47.5 Å². The molecule has 6 N–H and O–H groups in total. The Hall–Kier alpha value is -1.00. The van der Waals surface area contributed by atoms with Gasteiger partial charge in [0.15, 0.2) is 0 Å². The first-order valence-corrected chi connectivity index (χ1v) is 31.0. The lowest BCUT2D eigenvalue weighted by molar-refractivity contribution is -0.151. The topological polar surface area (TPSA) is 259 Å². The van der Waals surface area contributed by atoms with Gasteiger partial charge >= 0.3 is 0 Å². The van der Waals surface area contributed by atoms with Gasteiger partial charge in [0.05, 0.1) is 219 Å². The van der Waals surface area contributed by atoms with E-state index in [2.05, 4.69) is 70.9 Å². The largest absolute Gasteiger partial charge is 0.389 e. The summed E-state index contributed by atoms with van der Waals surface area (Å²) in [5, 5.41) is 63.4. The first-order valence-electron chi connectivity index (χ1n) is 31.0. The summed E-state index contributed by atoms with van der Waals surface area (Å²) in [6.07, 6.45) is -3.66. The second kappa shape index (κ2) is 38.5. The molecule has 6 heterocycles. The zero-order valence-electron chi connectivity index (χ0n) is 51.5. The van der Waals surface area contributed by atoms with Gasteiger partial charge in [-0.05, 0) is 41.5 Å². The van der Waals surface area contributed by atoms with Crippen LogP contribution in [0.1, 0.15) is 41.5 Å². The molecule has 488 valence electrons. The van der Waals surface area contributed by atoms with Crippen LogP contribution in [0, 0.1) is 10.8 Å². The summed E-state index contributed by atoms with van der Waals surface area (Å²) in [7, 11) is 0. The lowest BCUT2D eigenvalue weighted by atomic mass is 9.90. The van der Waals surface area contributed by atoms with Crippen LogP contribution in [0.5, 0.6) is 0 Å². The molecule has 0 saturated carbocycles. The lowest BCUT2D eigenvalue weighted by Crippen LogP contribution is -2.46. The number of rotatable bonds is 58. The summed E-state index contributed by atoms with van der Waals surface area (Å²) in [5.41, 5.74) is -1.80. The molecule has 0 amide bonds. The van der Waals surface area contributed by atoms with Crippen LogP contribution < -0.4 is 0 Å². The number of β-amino-alcohol motifs (C(OH)–C–C–N with tert-alkyl or cyclic N) is 6. The van der Waals surface area contributed by atoms with Crippen molar-refractivity contribution >= 4 is 0 Å². The average Bonchev–Trinajstić information content (AvgIpc) is 4.14. The van der Waals surface area contributed by atoms with Crippen molar-refractivity contribution in [3.63, 3.8) is 0 Å². The zero-order valence-corrected chi connectivity index (χ0v) is 51.5. The average molecular weight is 1200 g/mol. The van der Waals surface area contributed by atoms with E-state index in [1.165, 1.54) is 0 Å². The van der Waals surface area contributed by atoms with E-state index in [1.54, 1.807) is 0 Å². The molecule has 25 heteroatoms. The van der Waals surface area contributed by atoms with E-state index in [4.69, 9.17) is 61.6 Å². The van der Waals surface area contributed by atoms with Crippen molar-refractivity contribution < 1.29 is 92.2 Å². The number of hydrogen-bond donors (Lipinski definition) is 6. The third-order valence-electron chi connectivity index (χ3n) is 16.0. The van der Waals surface area contributed by atoms with Crippen LogP contribution in [0.15, 0.2) is 0 Å². The Morgan fingerprint density at radius 1 is 0.253 bits per heavy atom. The van der Waals surface area contributed by atoms with Crippen LogP contribution >= 0.6 is 0 Å². The van der Waals surface area contributed by atoms with E-state index >= 15 is 0 Å². The summed E-state index contributed by atoms with van der Waals surface area (Å²) in [6.45, 7) is 26.9. The molecule has 0 aliphatic carbocycles. The molecule has 6 saturated heterocycles. The maximum atomic E-state index is 10.6. The molecule has 0 aromatic rings. The SMILES string of the molecule is CC1CN1CC(O)COCCOCC(COCCOCC(O)CN1CC1C)(COCCOCC(O)CN1CC1C)COCC(COCCOCC(O)CN1CC1C)(COCCOCC(O)CN1CC1C)COCCOCC(O)CN1CC1C. The Kier molecular flexibility index (Phi) is 33.0. The molecule has 0 spiro atoms. The van der Waals surface area contributed by atoms with Gasteiger partial charge < -0.3 is 92.2 Å². The van der Waals surface area contributed by atoms with Crippen molar-refractivity contribution in [1.29, 1.82) is 0 Å². The van der Waals surface area contributed by atoms with Crippen molar-refractivity contribution in [2.75, 3.05) is 250 Å².